The molecule has 1 unspecified atom stereocenters. The van der Waals surface area contributed by atoms with E-state index in [0.29, 0.717) is 0 Å². The van der Waals surface area contributed by atoms with Crippen molar-refractivity contribution in [3.05, 3.63) is 0 Å². The molecule has 2 N–H and O–H groups in total. The zero-order valence-corrected chi connectivity index (χ0v) is 7.52. The van der Waals surface area contributed by atoms with Gasteiger partial charge in [-0.1, -0.05) is 0 Å². The van der Waals surface area contributed by atoms with Crippen LogP contribution in [0.3, 0.4) is 0 Å². The van der Waals surface area contributed by atoms with Gasteiger partial charge in [0, 0.05) is 6.42 Å². The summed E-state index contributed by atoms with van der Waals surface area (Å²) in [5, 5.41) is 16.8. The fourth-order valence-electron chi connectivity index (χ4n) is 1.06. The van der Waals surface area contributed by atoms with Crippen molar-refractivity contribution in [2.24, 2.45) is 5.92 Å². The molecule has 0 aromatic heterocycles. The van der Waals surface area contributed by atoms with Gasteiger partial charge in [-0.3, -0.25) is 4.79 Å². The molecule has 0 aromatic carbocycles. The second-order valence-corrected chi connectivity index (χ2v) is 2.87. The number of carboxylic acids is 1. The number of ketones is 1. The molecule has 1 atom stereocenters. The summed E-state index contributed by atoms with van der Waals surface area (Å²) in [5.74, 6) is -1.39. The number of aliphatic hydroxyl groups excluding tert-OH is 1. The summed E-state index contributed by atoms with van der Waals surface area (Å²) in [6, 6.07) is 0. The van der Waals surface area contributed by atoms with Crippen molar-refractivity contribution in [1.29, 1.82) is 0 Å². The average molecular weight is 190 g/mol. The fourth-order valence-corrected chi connectivity index (χ4v) is 1.06. The Bertz CT molecular complexity index is 161. The van der Waals surface area contributed by atoms with Gasteiger partial charge >= 0.3 is 5.97 Å². The second-order valence-electron chi connectivity index (χ2n) is 2.87. The van der Waals surface area contributed by atoms with E-state index in [1.54, 1.807) is 0 Å². The Morgan fingerprint density at radius 1 is 1.38 bits per heavy atom. The Labute approximate surface area is 76.3 Å². The van der Waals surface area contributed by atoms with Crippen LogP contribution in [-0.4, -0.2) is 35.4 Å². The average Bonchev–Trinajstić information content (AvgIpc) is 1.98. The highest BCUT2D eigenvalue weighted by Gasteiger charge is 2.15. The zero-order chi connectivity index (χ0) is 10.3. The molecule has 0 fully saturated rings. The molecule has 0 aromatic rings. The molecule has 0 aliphatic rings. The van der Waals surface area contributed by atoms with Crippen LogP contribution < -0.4 is 0 Å². The number of carboxylic acid groups (broad SMARTS) is 1. The minimum atomic E-state index is -0.965. The molecule has 0 heterocycles. The number of hydrogen-bond acceptors (Lipinski definition) is 4. The van der Waals surface area contributed by atoms with Gasteiger partial charge in [-0.2, -0.15) is 0 Å². The molecule has 0 saturated heterocycles. The number of Topliss-reactive ketones (excluding diaryl/α,β-unsaturated/α-hetero) is 1. The Morgan fingerprint density at radius 2 is 2.00 bits per heavy atom. The highest BCUT2D eigenvalue weighted by molar-refractivity contribution is 5.76. The fraction of sp³-hybridized carbons (Fsp3) is 0.750. The van der Waals surface area contributed by atoms with E-state index in [0.717, 1.165) is 0 Å². The van der Waals surface area contributed by atoms with E-state index in [2.05, 4.69) is 4.74 Å². The molecule has 0 aliphatic heterocycles. The quantitative estimate of drug-likeness (QED) is 0.553. The molecule has 0 radical (unpaired) electrons. The summed E-state index contributed by atoms with van der Waals surface area (Å²) in [6.45, 7) is 1.05. The van der Waals surface area contributed by atoms with Crippen LogP contribution >= 0.6 is 0 Å². The second kappa shape index (κ2) is 6.56. The standard InChI is InChI=1S/C8H14O5/c1-6(10)2-7(3-8(11)12)4-13-5-9/h7,9H,2-5H2,1H3,(H,11,12). The molecule has 5 nitrogen and oxygen atoms in total. The van der Waals surface area contributed by atoms with E-state index >= 15 is 0 Å². The molecule has 0 bridgehead atoms. The van der Waals surface area contributed by atoms with E-state index in [1.807, 2.05) is 0 Å². The maximum atomic E-state index is 10.7. The minimum Gasteiger partial charge on any atom is -0.481 e. The van der Waals surface area contributed by atoms with Gasteiger partial charge in [0.1, 0.15) is 12.6 Å². The molecule has 0 spiro atoms. The molecule has 76 valence electrons. The molecule has 0 aliphatic carbocycles. The summed E-state index contributed by atoms with van der Waals surface area (Å²) < 4.78 is 4.64. The lowest BCUT2D eigenvalue weighted by molar-refractivity contribution is -0.139. The molecule has 0 amide bonds. The Balaban J connectivity index is 3.87. The van der Waals surface area contributed by atoms with Crippen molar-refractivity contribution in [3.8, 4) is 0 Å². The highest BCUT2D eigenvalue weighted by atomic mass is 16.6. The monoisotopic (exact) mass is 190 g/mol. The Kier molecular flexibility index (Phi) is 6.09. The lowest BCUT2D eigenvalue weighted by Gasteiger charge is -2.11. The van der Waals surface area contributed by atoms with Crippen molar-refractivity contribution in [2.45, 2.75) is 19.8 Å². The van der Waals surface area contributed by atoms with Gasteiger partial charge < -0.3 is 19.7 Å². The van der Waals surface area contributed by atoms with Gasteiger partial charge in [0.15, 0.2) is 0 Å². The largest absolute Gasteiger partial charge is 0.481 e. The van der Waals surface area contributed by atoms with E-state index < -0.39 is 12.8 Å². The first-order valence-electron chi connectivity index (χ1n) is 3.96. The first-order valence-corrected chi connectivity index (χ1v) is 3.96. The smallest absolute Gasteiger partial charge is 0.303 e. The van der Waals surface area contributed by atoms with E-state index in [4.69, 9.17) is 10.2 Å². The molecule has 5 heteroatoms. The van der Waals surface area contributed by atoms with Crippen molar-refractivity contribution >= 4 is 11.8 Å². The van der Waals surface area contributed by atoms with Crippen LogP contribution in [0.25, 0.3) is 0 Å². The Morgan fingerprint density at radius 3 is 2.38 bits per heavy atom. The maximum absolute atomic E-state index is 10.7. The van der Waals surface area contributed by atoms with Crippen molar-refractivity contribution in [1.82, 2.24) is 0 Å². The molecular formula is C8H14O5. The van der Waals surface area contributed by atoms with Gasteiger partial charge in [-0.15, -0.1) is 0 Å². The molecule has 0 rings (SSSR count). The summed E-state index contributed by atoms with van der Waals surface area (Å²) in [6.07, 6.45) is 0.0614. The summed E-state index contributed by atoms with van der Waals surface area (Å²) >= 11 is 0. The zero-order valence-electron chi connectivity index (χ0n) is 7.52. The maximum Gasteiger partial charge on any atom is 0.303 e. The van der Waals surface area contributed by atoms with Crippen LogP contribution in [0.2, 0.25) is 0 Å². The van der Waals surface area contributed by atoms with Crippen LogP contribution in [-0.2, 0) is 14.3 Å². The van der Waals surface area contributed by atoms with Gasteiger partial charge in [0.2, 0.25) is 0 Å². The van der Waals surface area contributed by atoms with E-state index in [-0.39, 0.29) is 31.1 Å². The van der Waals surface area contributed by atoms with Gasteiger partial charge in [0.25, 0.3) is 0 Å². The van der Waals surface area contributed by atoms with Gasteiger partial charge in [-0.05, 0) is 12.8 Å². The number of carbonyl (C=O) groups is 2. The minimum absolute atomic E-state index is 0.0761. The lowest BCUT2D eigenvalue weighted by Crippen LogP contribution is -2.17. The van der Waals surface area contributed by atoms with E-state index in [9.17, 15) is 9.59 Å². The summed E-state index contributed by atoms with van der Waals surface area (Å²) in [5.41, 5.74) is 0. The normalized spacial score (nSPS) is 12.5. The SMILES string of the molecule is CC(=O)CC(COCO)CC(=O)O. The topological polar surface area (TPSA) is 83.8 Å². The third-order valence-electron chi connectivity index (χ3n) is 1.48. The molecule has 0 saturated carbocycles. The number of ether oxygens (including phenoxy) is 1. The van der Waals surface area contributed by atoms with Crippen LogP contribution in [0.4, 0.5) is 0 Å². The van der Waals surface area contributed by atoms with Crippen molar-refractivity contribution in [3.63, 3.8) is 0 Å². The van der Waals surface area contributed by atoms with Gasteiger partial charge in [-0.25, -0.2) is 0 Å². The van der Waals surface area contributed by atoms with Crippen LogP contribution in [0.1, 0.15) is 19.8 Å². The third-order valence-corrected chi connectivity index (χ3v) is 1.48. The highest BCUT2D eigenvalue weighted by Crippen LogP contribution is 2.09. The number of rotatable bonds is 7. The number of aliphatic hydroxyl groups is 1. The molecular weight excluding hydrogens is 176 g/mol. The van der Waals surface area contributed by atoms with Gasteiger partial charge in [0.05, 0.1) is 13.0 Å². The number of carbonyl (C=O) groups excluding carboxylic acids is 1. The predicted molar refractivity (Wildman–Crippen MR) is 44.1 cm³/mol. The van der Waals surface area contributed by atoms with Crippen molar-refractivity contribution < 1.29 is 24.5 Å². The first-order chi connectivity index (χ1) is 6.06. The summed E-state index contributed by atoms with van der Waals surface area (Å²) in [7, 11) is 0. The Hall–Kier alpha value is -0.940. The first kappa shape index (κ1) is 12.1. The molecule has 13 heavy (non-hydrogen) atoms. The predicted octanol–water partition coefficient (Wildman–Crippen LogP) is 0.0228. The van der Waals surface area contributed by atoms with Crippen LogP contribution in [0.15, 0.2) is 0 Å². The summed E-state index contributed by atoms with van der Waals surface area (Å²) in [4.78, 5) is 21.0. The number of hydrogen-bond donors (Lipinski definition) is 2. The van der Waals surface area contributed by atoms with Crippen LogP contribution in [0, 0.1) is 5.92 Å². The number of aliphatic carboxylic acids is 1. The van der Waals surface area contributed by atoms with Crippen LogP contribution in [0.5, 0.6) is 0 Å². The lowest BCUT2D eigenvalue weighted by atomic mass is 10.0. The van der Waals surface area contributed by atoms with Crippen molar-refractivity contribution in [2.75, 3.05) is 13.4 Å². The third kappa shape index (κ3) is 7.42. The van der Waals surface area contributed by atoms with E-state index in [1.165, 1.54) is 6.92 Å².